The van der Waals surface area contributed by atoms with Crippen LogP contribution in [0.25, 0.3) is 0 Å². The zero-order valence-electron chi connectivity index (χ0n) is 15.0. The molecule has 0 saturated heterocycles. The standard InChI is InChI=1S/C20H21ClN2O4/c1-14(24)23(9-7-15-3-2-4-17(21)11-15)10-8-22-20(25)16-5-6-18-19(12-16)27-13-26-18/h2-6,11-12H,7-10,13H2,1H3,(H,22,25). The van der Waals surface area contributed by atoms with E-state index in [9.17, 15) is 9.59 Å². The normalized spacial score (nSPS) is 11.9. The maximum absolute atomic E-state index is 12.3. The van der Waals surface area contributed by atoms with E-state index >= 15 is 0 Å². The molecule has 0 radical (unpaired) electrons. The molecule has 0 saturated carbocycles. The molecular formula is C20H21ClN2O4. The summed E-state index contributed by atoms with van der Waals surface area (Å²) in [5.41, 5.74) is 1.56. The topological polar surface area (TPSA) is 67.9 Å². The first-order valence-corrected chi connectivity index (χ1v) is 9.08. The monoisotopic (exact) mass is 388 g/mol. The van der Waals surface area contributed by atoms with Crippen molar-refractivity contribution in [2.24, 2.45) is 0 Å². The summed E-state index contributed by atoms with van der Waals surface area (Å²) < 4.78 is 10.5. The Kier molecular flexibility index (Phi) is 6.19. The van der Waals surface area contributed by atoms with Crippen LogP contribution < -0.4 is 14.8 Å². The predicted molar refractivity (Wildman–Crippen MR) is 102 cm³/mol. The van der Waals surface area contributed by atoms with Gasteiger partial charge in [-0.05, 0) is 42.3 Å². The van der Waals surface area contributed by atoms with Gasteiger partial charge in [0.25, 0.3) is 5.91 Å². The van der Waals surface area contributed by atoms with Gasteiger partial charge in [0.2, 0.25) is 12.7 Å². The van der Waals surface area contributed by atoms with Crippen LogP contribution in [0.4, 0.5) is 0 Å². The van der Waals surface area contributed by atoms with Crippen molar-refractivity contribution in [3.05, 3.63) is 58.6 Å². The molecule has 6 nitrogen and oxygen atoms in total. The number of nitrogens with zero attached hydrogens (tertiary/aromatic N) is 1. The molecule has 3 rings (SSSR count). The van der Waals surface area contributed by atoms with Gasteiger partial charge in [0.05, 0.1) is 0 Å². The minimum Gasteiger partial charge on any atom is -0.454 e. The van der Waals surface area contributed by atoms with Gasteiger partial charge in [0.1, 0.15) is 0 Å². The Balaban J connectivity index is 1.49. The molecule has 142 valence electrons. The second-order valence-electron chi connectivity index (χ2n) is 6.21. The largest absolute Gasteiger partial charge is 0.454 e. The number of halogens is 1. The Morgan fingerprint density at radius 3 is 2.70 bits per heavy atom. The summed E-state index contributed by atoms with van der Waals surface area (Å²) in [7, 11) is 0. The molecule has 0 spiro atoms. The summed E-state index contributed by atoms with van der Waals surface area (Å²) in [6.07, 6.45) is 0.705. The number of nitrogens with one attached hydrogen (secondary N) is 1. The van der Waals surface area contributed by atoms with Crippen molar-refractivity contribution < 1.29 is 19.1 Å². The molecule has 0 bridgehead atoms. The van der Waals surface area contributed by atoms with Crippen molar-refractivity contribution in [3.8, 4) is 11.5 Å². The summed E-state index contributed by atoms with van der Waals surface area (Å²) in [6, 6.07) is 12.6. The Morgan fingerprint density at radius 2 is 1.93 bits per heavy atom. The van der Waals surface area contributed by atoms with Gasteiger partial charge in [0, 0.05) is 37.1 Å². The summed E-state index contributed by atoms with van der Waals surface area (Å²) in [6.45, 7) is 3.06. The van der Waals surface area contributed by atoms with Crippen molar-refractivity contribution >= 4 is 23.4 Å². The molecule has 2 amide bonds. The predicted octanol–water partition coefficient (Wildman–Crippen LogP) is 2.89. The first kappa shape index (κ1) is 19.0. The van der Waals surface area contributed by atoms with Gasteiger partial charge < -0.3 is 19.7 Å². The van der Waals surface area contributed by atoms with Crippen molar-refractivity contribution in [3.63, 3.8) is 0 Å². The van der Waals surface area contributed by atoms with Crippen molar-refractivity contribution in [2.45, 2.75) is 13.3 Å². The Hall–Kier alpha value is -2.73. The van der Waals surface area contributed by atoms with E-state index in [1.54, 1.807) is 23.1 Å². The van der Waals surface area contributed by atoms with E-state index in [0.29, 0.717) is 48.1 Å². The summed E-state index contributed by atoms with van der Waals surface area (Å²) in [4.78, 5) is 25.9. The number of hydrogen-bond acceptors (Lipinski definition) is 4. The fraction of sp³-hybridized carbons (Fsp3) is 0.300. The molecule has 0 atom stereocenters. The van der Waals surface area contributed by atoms with Gasteiger partial charge in [-0.3, -0.25) is 9.59 Å². The number of hydrogen-bond donors (Lipinski definition) is 1. The van der Waals surface area contributed by atoms with E-state index in [-0.39, 0.29) is 18.6 Å². The SMILES string of the molecule is CC(=O)N(CCNC(=O)c1ccc2c(c1)OCO2)CCc1cccc(Cl)c1. The smallest absolute Gasteiger partial charge is 0.251 e. The third kappa shape index (κ3) is 5.14. The van der Waals surface area contributed by atoms with Crippen LogP contribution in [-0.4, -0.2) is 43.1 Å². The summed E-state index contributed by atoms with van der Waals surface area (Å²) in [5, 5.41) is 3.51. The van der Waals surface area contributed by atoms with E-state index in [1.807, 2.05) is 24.3 Å². The minimum absolute atomic E-state index is 0.0330. The second kappa shape index (κ2) is 8.77. The van der Waals surface area contributed by atoms with Gasteiger partial charge >= 0.3 is 0 Å². The van der Waals surface area contributed by atoms with Crippen molar-refractivity contribution in [1.29, 1.82) is 0 Å². The lowest BCUT2D eigenvalue weighted by Gasteiger charge is -2.21. The van der Waals surface area contributed by atoms with Crippen LogP contribution in [0, 0.1) is 0 Å². The highest BCUT2D eigenvalue weighted by atomic mass is 35.5. The average Bonchev–Trinajstić information content (AvgIpc) is 3.11. The Bertz CT molecular complexity index is 840. The molecule has 1 aliphatic rings. The molecule has 0 fully saturated rings. The maximum atomic E-state index is 12.3. The van der Waals surface area contributed by atoms with Crippen LogP contribution in [0.1, 0.15) is 22.8 Å². The van der Waals surface area contributed by atoms with E-state index in [1.165, 1.54) is 6.92 Å². The van der Waals surface area contributed by atoms with E-state index in [4.69, 9.17) is 21.1 Å². The highest BCUT2D eigenvalue weighted by Gasteiger charge is 2.16. The highest BCUT2D eigenvalue weighted by molar-refractivity contribution is 6.30. The first-order chi connectivity index (χ1) is 13.0. The van der Waals surface area contributed by atoms with Crippen molar-refractivity contribution in [1.82, 2.24) is 10.2 Å². The molecule has 1 aliphatic heterocycles. The fourth-order valence-corrected chi connectivity index (χ4v) is 3.04. The van der Waals surface area contributed by atoms with Crippen LogP contribution in [-0.2, 0) is 11.2 Å². The van der Waals surface area contributed by atoms with E-state index < -0.39 is 0 Å². The third-order valence-corrected chi connectivity index (χ3v) is 4.54. The lowest BCUT2D eigenvalue weighted by Crippen LogP contribution is -2.38. The third-order valence-electron chi connectivity index (χ3n) is 4.31. The highest BCUT2D eigenvalue weighted by Crippen LogP contribution is 2.32. The molecule has 1 heterocycles. The number of fused-ring (bicyclic) bond motifs is 1. The Labute approximate surface area is 163 Å². The van der Waals surface area contributed by atoms with Gasteiger partial charge in [-0.2, -0.15) is 0 Å². The number of benzene rings is 2. The van der Waals surface area contributed by atoms with Gasteiger partial charge in [-0.25, -0.2) is 0 Å². The van der Waals surface area contributed by atoms with Crippen LogP contribution in [0.5, 0.6) is 11.5 Å². The number of carbonyl (C=O) groups is 2. The number of ether oxygens (including phenoxy) is 2. The van der Waals surface area contributed by atoms with Crippen LogP contribution >= 0.6 is 11.6 Å². The molecule has 2 aromatic rings. The summed E-state index contributed by atoms with van der Waals surface area (Å²) >= 11 is 5.99. The molecule has 2 aromatic carbocycles. The minimum atomic E-state index is -0.216. The zero-order chi connectivity index (χ0) is 19.2. The lowest BCUT2D eigenvalue weighted by molar-refractivity contribution is -0.128. The van der Waals surface area contributed by atoms with E-state index in [2.05, 4.69) is 5.32 Å². The summed E-state index contributed by atoms with van der Waals surface area (Å²) in [5.74, 6) is 0.950. The Morgan fingerprint density at radius 1 is 1.11 bits per heavy atom. The maximum Gasteiger partial charge on any atom is 0.251 e. The molecule has 7 heteroatoms. The van der Waals surface area contributed by atoms with Gasteiger partial charge in [-0.15, -0.1) is 0 Å². The second-order valence-corrected chi connectivity index (χ2v) is 6.65. The fourth-order valence-electron chi connectivity index (χ4n) is 2.83. The lowest BCUT2D eigenvalue weighted by atomic mass is 10.1. The quantitative estimate of drug-likeness (QED) is 0.792. The van der Waals surface area contributed by atoms with Gasteiger partial charge in [-0.1, -0.05) is 23.7 Å². The van der Waals surface area contributed by atoms with Crippen LogP contribution in [0.3, 0.4) is 0 Å². The molecule has 27 heavy (non-hydrogen) atoms. The van der Waals surface area contributed by atoms with Gasteiger partial charge in [0.15, 0.2) is 11.5 Å². The zero-order valence-corrected chi connectivity index (χ0v) is 15.8. The average molecular weight is 389 g/mol. The van der Waals surface area contributed by atoms with Crippen LogP contribution in [0.15, 0.2) is 42.5 Å². The number of carbonyl (C=O) groups excluding carboxylic acids is 2. The molecule has 0 unspecified atom stereocenters. The number of amides is 2. The first-order valence-electron chi connectivity index (χ1n) is 8.71. The molecule has 0 aliphatic carbocycles. The molecule has 0 aromatic heterocycles. The van der Waals surface area contributed by atoms with E-state index in [0.717, 1.165) is 5.56 Å². The number of rotatable bonds is 7. The molecule has 1 N–H and O–H groups in total. The van der Waals surface area contributed by atoms with Crippen LogP contribution in [0.2, 0.25) is 5.02 Å². The molecular weight excluding hydrogens is 368 g/mol. The van der Waals surface area contributed by atoms with Crippen molar-refractivity contribution in [2.75, 3.05) is 26.4 Å².